The van der Waals surface area contributed by atoms with Gasteiger partial charge in [0.15, 0.2) is 11.5 Å². The largest absolute Gasteiger partial charge is 0.505 e. The number of primary amides is 1. The van der Waals surface area contributed by atoms with Gasteiger partial charge in [0.25, 0.3) is 5.91 Å². The van der Waals surface area contributed by atoms with E-state index in [9.17, 15) is 29.1 Å². The zero-order valence-corrected chi connectivity index (χ0v) is 28.4. The number of benzene rings is 1. The Balaban J connectivity index is 0.934. The normalized spacial score (nSPS) is 28.8. The Kier molecular flexibility index (Phi) is 11.3. The van der Waals surface area contributed by atoms with Gasteiger partial charge in [0, 0.05) is 24.8 Å². The third-order valence-corrected chi connectivity index (χ3v) is 11.5. The van der Waals surface area contributed by atoms with Crippen LogP contribution >= 0.6 is 0 Å². The number of nitrogens with two attached hydrogens (primary N) is 2. The average molecular weight is 684 g/mol. The molecule has 4 aliphatic carbocycles. The van der Waals surface area contributed by atoms with Crippen molar-refractivity contribution in [1.29, 1.82) is 0 Å². The first-order chi connectivity index (χ1) is 23.3. The molecule has 6 atom stereocenters. The van der Waals surface area contributed by atoms with E-state index in [1.807, 2.05) is 6.08 Å². The van der Waals surface area contributed by atoms with Crippen LogP contribution in [-0.2, 0) is 33.4 Å². The SMILES string of the molecule is CC12CCC(=O)C=C1CCC1C2CCC2(C)C(OC(=O)COCCOCCNC(=O)CCC(=O)Oc3ccc(N)c(O)c3C(N)=O)CCC12. The summed E-state index contributed by atoms with van der Waals surface area (Å²) < 4.78 is 22.0. The lowest BCUT2D eigenvalue weighted by atomic mass is 9.47. The Morgan fingerprint density at radius 3 is 2.49 bits per heavy atom. The number of carbonyl (C=O) groups is 5. The first-order valence-corrected chi connectivity index (χ1v) is 17.3. The molecule has 1 aromatic rings. The Labute approximate surface area is 286 Å². The molecule has 13 nitrogen and oxygen atoms in total. The van der Waals surface area contributed by atoms with Crippen molar-refractivity contribution in [3.63, 3.8) is 0 Å². The van der Waals surface area contributed by atoms with Gasteiger partial charge in [0.05, 0.1) is 31.9 Å². The minimum atomic E-state index is -1.02. The number of ketones is 1. The summed E-state index contributed by atoms with van der Waals surface area (Å²) in [4.78, 5) is 60.7. The molecule has 2 amide bonds. The number of anilines is 1. The Morgan fingerprint density at radius 2 is 1.71 bits per heavy atom. The van der Waals surface area contributed by atoms with Gasteiger partial charge in [-0.2, -0.15) is 0 Å². The fourth-order valence-corrected chi connectivity index (χ4v) is 8.93. The second-order valence-corrected chi connectivity index (χ2v) is 14.3. The van der Waals surface area contributed by atoms with Crippen LogP contribution in [0.1, 0.15) is 88.4 Å². The molecule has 0 spiro atoms. The lowest BCUT2D eigenvalue weighted by Crippen LogP contribution is -2.51. The van der Waals surface area contributed by atoms with Gasteiger partial charge in [-0.3, -0.25) is 19.2 Å². The number of nitrogens with one attached hydrogen (secondary N) is 1. The molecule has 0 bridgehead atoms. The van der Waals surface area contributed by atoms with Crippen LogP contribution in [0.25, 0.3) is 0 Å². The zero-order chi connectivity index (χ0) is 35.3. The van der Waals surface area contributed by atoms with Crippen molar-refractivity contribution in [3.8, 4) is 11.5 Å². The molecule has 3 fully saturated rings. The molecule has 268 valence electrons. The number of allylic oxidation sites excluding steroid dienone is 1. The summed E-state index contributed by atoms with van der Waals surface area (Å²) in [7, 11) is 0. The number of esters is 2. The van der Waals surface area contributed by atoms with Crippen molar-refractivity contribution in [2.75, 3.05) is 38.7 Å². The van der Waals surface area contributed by atoms with Gasteiger partial charge in [0.1, 0.15) is 24.0 Å². The van der Waals surface area contributed by atoms with E-state index in [2.05, 4.69) is 19.2 Å². The van der Waals surface area contributed by atoms with E-state index in [0.717, 1.165) is 44.9 Å². The maximum absolute atomic E-state index is 12.7. The van der Waals surface area contributed by atoms with Crippen LogP contribution in [0.3, 0.4) is 0 Å². The summed E-state index contributed by atoms with van der Waals surface area (Å²) >= 11 is 0. The number of ether oxygens (including phenoxy) is 4. The molecule has 1 aromatic carbocycles. The van der Waals surface area contributed by atoms with Gasteiger partial charge in [-0.1, -0.05) is 19.4 Å². The minimum Gasteiger partial charge on any atom is -0.505 e. The molecule has 5 rings (SSSR count). The van der Waals surface area contributed by atoms with Crippen LogP contribution in [0, 0.1) is 28.6 Å². The summed E-state index contributed by atoms with van der Waals surface area (Å²) in [6.07, 6.45) is 9.15. The summed E-state index contributed by atoms with van der Waals surface area (Å²) in [5.74, 6) is -1.44. The number of carbonyl (C=O) groups excluding carboxylic acids is 5. The number of amides is 2. The number of nitrogen functional groups attached to an aromatic ring is 1. The standard InChI is InChI=1S/C36H49N3O10/c1-35-13-11-22(40)19-21(35)3-4-23-24-5-8-28(36(24,2)14-12-25(23)35)49-31(43)20-47-18-17-46-16-15-39-29(41)9-10-30(42)48-27-7-6-26(37)33(44)32(27)34(38)45/h6-7,19,23-25,28,44H,3-5,8-18,20,37H2,1-2H3,(H2,38,45)(H,39,41). The first-order valence-electron chi connectivity index (χ1n) is 17.3. The molecule has 49 heavy (non-hydrogen) atoms. The van der Waals surface area contributed by atoms with Crippen LogP contribution in [0.4, 0.5) is 5.69 Å². The molecule has 6 unspecified atom stereocenters. The van der Waals surface area contributed by atoms with E-state index in [4.69, 9.17) is 30.4 Å². The van der Waals surface area contributed by atoms with Crippen LogP contribution in [0.15, 0.2) is 23.8 Å². The van der Waals surface area contributed by atoms with E-state index < -0.39 is 29.1 Å². The maximum Gasteiger partial charge on any atom is 0.332 e. The van der Waals surface area contributed by atoms with Crippen molar-refractivity contribution in [2.45, 2.75) is 84.2 Å². The highest BCUT2D eigenvalue weighted by Gasteiger charge is 2.60. The lowest BCUT2D eigenvalue weighted by Gasteiger charge is -2.57. The van der Waals surface area contributed by atoms with Gasteiger partial charge in [-0.25, -0.2) is 4.79 Å². The van der Waals surface area contributed by atoms with Crippen LogP contribution in [0.5, 0.6) is 11.5 Å². The molecule has 0 saturated heterocycles. The lowest BCUT2D eigenvalue weighted by molar-refractivity contribution is -0.165. The van der Waals surface area contributed by atoms with Crippen molar-refractivity contribution >= 4 is 35.2 Å². The third-order valence-electron chi connectivity index (χ3n) is 11.5. The smallest absolute Gasteiger partial charge is 0.332 e. The minimum absolute atomic E-state index is 0.0396. The monoisotopic (exact) mass is 683 g/mol. The molecule has 0 aliphatic heterocycles. The van der Waals surface area contributed by atoms with Crippen molar-refractivity contribution in [1.82, 2.24) is 5.32 Å². The highest BCUT2D eigenvalue weighted by Crippen LogP contribution is 2.65. The molecule has 3 saturated carbocycles. The van der Waals surface area contributed by atoms with E-state index in [1.165, 1.54) is 17.7 Å². The van der Waals surface area contributed by atoms with Crippen molar-refractivity contribution < 1.29 is 48.0 Å². The van der Waals surface area contributed by atoms with E-state index >= 15 is 0 Å². The number of fused-ring (bicyclic) bond motifs is 5. The highest BCUT2D eigenvalue weighted by atomic mass is 16.6. The summed E-state index contributed by atoms with van der Waals surface area (Å²) in [6, 6.07) is 2.49. The Hall–Kier alpha value is -3.97. The predicted molar refractivity (Wildman–Crippen MR) is 177 cm³/mol. The summed E-state index contributed by atoms with van der Waals surface area (Å²) in [6.45, 7) is 5.33. The topological polar surface area (TPSA) is 207 Å². The average Bonchev–Trinajstić information content (AvgIpc) is 3.38. The molecular weight excluding hydrogens is 634 g/mol. The molecule has 13 heteroatoms. The molecule has 4 aliphatic rings. The Bertz CT molecular complexity index is 1490. The highest BCUT2D eigenvalue weighted by molar-refractivity contribution is 6.01. The number of hydrogen-bond acceptors (Lipinski definition) is 11. The number of aromatic hydroxyl groups is 1. The molecule has 6 N–H and O–H groups in total. The summed E-state index contributed by atoms with van der Waals surface area (Å²) in [5.41, 5.74) is 11.7. The van der Waals surface area contributed by atoms with Crippen molar-refractivity contribution in [3.05, 3.63) is 29.3 Å². The Morgan fingerprint density at radius 1 is 0.939 bits per heavy atom. The molecule has 0 radical (unpaired) electrons. The maximum atomic E-state index is 12.7. The number of phenols is 1. The van der Waals surface area contributed by atoms with Gasteiger partial charge in [-0.15, -0.1) is 0 Å². The molecule has 0 heterocycles. The van der Waals surface area contributed by atoms with E-state index in [1.54, 1.807) is 0 Å². The van der Waals surface area contributed by atoms with Gasteiger partial charge in [-0.05, 0) is 86.3 Å². The molecular formula is C36H49N3O10. The fraction of sp³-hybridized carbons (Fsp3) is 0.639. The van der Waals surface area contributed by atoms with Gasteiger partial charge in [0.2, 0.25) is 5.91 Å². The van der Waals surface area contributed by atoms with Crippen LogP contribution in [-0.4, -0.2) is 73.7 Å². The van der Waals surface area contributed by atoms with Gasteiger partial charge < -0.3 is 40.8 Å². The van der Waals surface area contributed by atoms with E-state index in [-0.39, 0.29) is 85.9 Å². The zero-order valence-electron chi connectivity index (χ0n) is 28.4. The van der Waals surface area contributed by atoms with Crippen LogP contribution < -0.4 is 21.5 Å². The second-order valence-electron chi connectivity index (χ2n) is 14.3. The summed E-state index contributed by atoms with van der Waals surface area (Å²) in [5, 5.41) is 12.5. The third kappa shape index (κ3) is 7.93. The fourth-order valence-electron chi connectivity index (χ4n) is 8.93. The first kappa shape index (κ1) is 36.3. The van der Waals surface area contributed by atoms with Crippen LogP contribution in [0.2, 0.25) is 0 Å². The number of rotatable bonds is 14. The van der Waals surface area contributed by atoms with Gasteiger partial charge >= 0.3 is 11.9 Å². The van der Waals surface area contributed by atoms with E-state index in [0.29, 0.717) is 24.2 Å². The molecule has 0 aromatic heterocycles. The number of hydrogen-bond donors (Lipinski definition) is 4. The second kappa shape index (κ2) is 15.3. The predicted octanol–water partition coefficient (Wildman–Crippen LogP) is 3.35. The van der Waals surface area contributed by atoms with Crippen molar-refractivity contribution in [2.24, 2.45) is 34.3 Å². The quantitative estimate of drug-likeness (QED) is 0.0735.